The molecule has 0 atom stereocenters. The molecular weight excluding hydrogens is 366 g/mol. The van der Waals surface area contributed by atoms with Crippen molar-refractivity contribution >= 4 is 23.8 Å². The van der Waals surface area contributed by atoms with Crippen molar-refractivity contribution in [2.75, 3.05) is 19.4 Å². The number of amides is 2. The molecule has 1 aliphatic carbocycles. The Balaban J connectivity index is 1.97. The van der Waals surface area contributed by atoms with E-state index in [-0.39, 0.29) is 5.91 Å². The number of aromatic nitrogens is 1. The van der Waals surface area contributed by atoms with Gasteiger partial charge in [0.2, 0.25) is 0 Å². The van der Waals surface area contributed by atoms with Crippen molar-refractivity contribution in [3.05, 3.63) is 52.9 Å². The highest BCUT2D eigenvalue weighted by molar-refractivity contribution is 6.03. The van der Waals surface area contributed by atoms with E-state index in [9.17, 15) is 9.59 Å². The Morgan fingerprint density at radius 1 is 1.14 bits per heavy atom. The van der Waals surface area contributed by atoms with E-state index in [1.54, 1.807) is 47.0 Å². The summed E-state index contributed by atoms with van der Waals surface area (Å²) >= 11 is 0. The maximum Gasteiger partial charge on any atom is 0.412 e. The van der Waals surface area contributed by atoms with Crippen LogP contribution in [0.15, 0.2) is 36.0 Å². The molecule has 6 heteroatoms. The first kappa shape index (κ1) is 20.6. The third-order valence-corrected chi connectivity index (χ3v) is 4.48. The van der Waals surface area contributed by atoms with Gasteiger partial charge in [0.25, 0.3) is 5.91 Å². The van der Waals surface area contributed by atoms with Crippen LogP contribution in [0.25, 0.3) is 17.2 Å². The number of hydrogen-bond acceptors (Lipinski definition) is 4. The quantitative estimate of drug-likeness (QED) is 0.816. The Morgan fingerprint density at radius 2 is 1.86 bits per heavy atom. The van der Waals surface area contributed by atoms with Gasteiger partial charge in [-0.15, -0.1) is 0 Å². The number of rotatable bonds is 3. The number of nitrogens with one attached hydrogen (secondary N) is 1. The molecule has 0 saturated heterocycles. The van der Waals surface area contributed by atoms with Gasteiger partial charge in [-0.05, 0) is 57.0 Å². The predicted molar refractivity (Wildman–Crippen MR) is 115 cm³/mol. The van der Waals surface area contributed by atoms with Crippen LogP contribution in [-0.4, -0.2) is 41.6 Å². The molecule has 0 saturated carbocycles. The smallest absolute Gasteiger partial charge is 0.412 e. The van der Waals surface area contributed by atoms with Crippen molar-refractivity contribution in [3.8, 4) is 11.1 Å². The van der Waals surface area contributed by atoms with Crippen molar-refractivity contribution in [2.24, 2.45) is 0 Å². The van der Waals surface area contributed by atoms with Gasteiger partial charge in [-0.3, -0.25) is 15.1 Å². The Bertz CT molecular complexity index is 1000. The summed E-state index contributed by atoms with van der Waals surface area (Å²) in [7, 11) is 3.35. The molecule has 1 aromatic heterocycles. The summed E-state index contributed by atoms with van der Waals surface area (Å²) < 4.78 is 5.32. The van der Waals surface area contributed by atoms with E-state index in [1.165, 1.54) is 10.5 Å². The lowest BCUT2D eigenvalue weighted by molar-refractivity contribution is 0.0636. The second kappa shape index (κ2) is 7.70. The van der Waals surface area contributed by atoms with E-state index < -0.39 is 11.7 Å². The zero-order chi connectivity index (χ0) is 21.3. The maximum absolute atomic E-state index is 12.8. The van der Waals surface area contributed by atoms with E-state index in [0.29, 0.717) is 11.3 Å². The molecule has 0 spiro atoms. The van der Waals surface area contributed by atoms with E-state index in [1.807, 2.05) is 12.3 Å². The summed E-state index contributed by atoms with van der Waals surface area (Å²) in [6.45, 7) is 7.46. The van der Waals surface area contributed by atoms with Gasteiger partial charge in [-0.1, -0.05) is 17.7 Å². The average Bonchev–Trinajstić information content (AvgIpc) is 2.98. The van der Waals surface area contributed by atoms with Gasteiger partial charge >= 0.3 is 6.09 Å². The molecule has 1 aromatic carbocycles. The summed E-state index contributed by atoms with van der Waals surface area (Å²) in [5, 5.41) is 2.70. The number of nitrogens with zero attached hydrogens (tertiary/aromatic N) is 2. The van der Waals surface area contributed by atoms with Gasteiger partial charge in [0.15, 0.2) is 0 Å². The summed E-state index contributed by atoms with van der Waals surface area (Å²) in [5.41, 5.74) is 5.42. The molecule has 1 N–H and O–H groups in total. The lowest BCUT2D eigenvalue weighted by Crippen LogP contribution is -2.29. The number of ether oxygens (including phenoxy) is 1. The monoisotopic (exact) mass is 393 g/mol. The Kier molecular flexibility index (Phi) is 5.46. The van der Waals surface area contributed by atoms with E-state index in [2.05, 4.69) is 29.4 Å². The average molecular weight is 393 g/mol. The SMILES string of the molecule is CC1=Cc2cc(-c3ccc(NC(=O)OC(C)(C)C)c(C(=O)N(C)C)c3)cnc2C1. The molecule has 0 bridgehead atoms. The van der Waals surface area contributed by atoms with Crippen LogP contribution in [0.1, 0.15) is 49.3 Å². The third kappa shape index (κ3) is 4.83. The molecule has 1 aliphatic rings. The second-order valence-electron chi connectivity index (χ2n) is 8.51. The molecule has 0 unspecified atom stereocenters. The van der Waals surface area contributed by atoms with Crippen LogP contribution in [0, 0.1) is 0 Å². The van der Waals surface area contributed by atoms with Gasteiger partial charge in [-0.25, -0.2) is 4.79 Å². The fourth-order valence-corrected chi connectivity index (χ4v) is 3.19. The number of hydrogen-bond donors (Lipinski definition) is 1. The minimum absolute atomic E-state index is 0.206. The highest BCUT2D eigenvalue weighted by Gasteiger charge is 2.21. The number of fused-ring (bicyclic) bond motifs is 1. The fraction of sp³-hybridized carbons (Fsp3) is 0.348. The minimum atomic E-state index is -0.628. The van der Waals surface area contributed by atoms with Gasteiger partial charge in [0.1, 0.15) is 5.60 Å². The summed E-state index contributed by atoms with van der Waals surface area (Å²) in [6, 6.07) is 7.46. The largest absolute Gasteiger partial charge is 0.444 e. The molecule has 2 amide bonds. The lowest BCUT2D eigenvalue weighted by Gasteiger charge is -2.21. The van der Waals surface area contributed by atoms with E-state index in [0.717, 1.165) is 28.8 Å². The zero-order valence-corrected chi connectivity index (χ0v) is 17.8. The summed E-state index contributed by atoms with van der Waals surface area (Å²) in [4.78, 5) is 31.0. The standard InChI is InChI=1S/C23H27N3O3/c1-14-9-16-11-17(13-24-20(16)10-14)15-7-8-19(18(12-15)21(27)26(5)6)25-22(28)29-23(2,3)4/h7-9,11-13H,10H2,1-6H3,(H,25,28). The molecule has 0 aliphatic heterocycles. The molecule has 2 aromatic rings. The van der Waals surface area contributed by atoms with Crippen LogP contribution in [-0.2, 0) is 11.2 Å². The van der Waals surface area contributed by atoms with Gasteiger partial charge < -0.3 is 9.64 Å². The molecule has 152 valence electrons. The van der Waals surface area contributed by atoms with E-state index >= 15 is 0 Å². The van der Waals surface area contributed by atoms with E-state index in [4.69, 9.17) is 4.74 Å². The highest BCUT2D eigenvalue weighted by atomic mass is 16.6. The van der Waals surface area contributed by atoms with Crippen LogP contribution in [0.3, 0.4) is 0 Å². The topological polar surface area (TPSA) is 71.5 Å². The van der Waals surface area contributed by atoms with Crippen LogP contribution in [0.2, 0.25) is 0 Å². The van der Waals surface area contributed by atoms with Crippen molar-refractivity contribution in [1.82, 2.24) is 9.88 Å². The summed E-state index contributed by atoms with van der Waals surface area (Å²) in [5.74, 6) is -0.206. The van der Waals surface area contributed by atoms with Crippen molar-refractivity contribution in [3.63, 3.8) is 0 Å². The second-order valence-corrected chi connectivity index (χ2v) is 8.51. The molecule has 29 heavy (non-hydrogen) atoms. The number of anilines is 1. The van der Waals surface area contributed by atoms with Crippen LogP contribution < -0.4 is 5.32 Å². The Hall–Kier alpha value is -3.15. The fourth-order valence-electron chi connectivity index (χ4n) is 3.19. The Morgan fingerprint density at radius 3 is 2.52 bits per heavy atom. The van der Waals surface area contributed by atoms with Crippen LogP contribution in [0.5, 0.6) is 0 Å². The normalized spacial score (nSPS) is 12.8. The number of carbonyl (C=O) groups is 2. The number of allylic oxidation sites excluding steroid dienone is 1. The van der Waals surface area contributed by atoms with Crippen LogP contribution >= 0.6 is 0 Å². The lowest BCUT2D eigenvalue weighted by atomic mass is 10.0. The van der Waals surface area contributed by atoms with Gasteiger partial charge in [-0.2, -0.15) is 0 Å². The van der Waals surface area contributed by atoms with Crippen molar-refractivity contribution in [1.29, 1.82) is 0 Å². The number of benzene rings is 1. The third-order valence-electron chi connectivity index (χ3n) is 4.48. The van der Waals surface area contributed by atoms with Crippen molar-refractivity contribution in [2.45, 2.75) is 39.7 Å². The molecular formula is C23H27N3O3. The van der Waals surface area contributed by atoms with Gasteiger partial charge in [0.05, 0.1) is 16.9 Å². The zero-order valence-electron chi connectivity index (χ0n) is 17.8. The maximum atomic E-state index is 12.8. The summed E-state index contributed by atoms with van der Waals surface area (Å²) in [6.07, 6.45) is 4.23. The molecule has 3 rings (SSSR count). The predicted octanol–water partition coefficient (Wildman–Crippen LogP) is 4.76. The molecule has 6 nitrogen and oxygen atoms in total. The molecule has 0 fully saturated rings. The molecule has 1 heterocycles. The molecule has 0 radical (unpaired) electrons. The number of pyridine rings is 1. The first-order chi connectivity index (χ1) is 13.5. The van der Waals surface area contributed by atoms with Gasteiger partial charge in [0, 0.05) is 32.3 Å². The first-order valence-electron chi connectivity index (χ1n) is 9.55. The Labute approximate surface area is 171 Å². The number of carbonyl (C=O) groups excluding carboxylic acids is 2. The minimum Gasteiger partial charge on any atom is -0.444 e. The highest BCUT2D eigenvalue weighted by Crippen LogP contribution is 2.30. The van der Waals surface area contributed by atoms with Crippen LogP contribution in [0.4, 0.5) is 10.5 Å². The first-order valence-corrected chi connectivity index (χ1v) is 9.55. The van der Waals surface area contributed by atoms with Crippen molar-refractivity contribution < 1.29 is 14.3 Å².